The minimum absolute atomic E-state index is 0.525. The van der Waals surface area contributed by atoms with Gasteiger partial charge in [0.15, 0.2) is 6.29 Å². The van der Waals surface area contributed by atoms with Crippen LogP contribution in [0.5, 0.6) is 0 Å². The maximum atomic E-state index is 9.59. The summed E-state index contributed by atoms with van der Waals surface area (Å²) in [5, 5.41) is 9.59. The molecule has 0 saturated heterocycles. The first kappa shape index (κ1) is 14.7. The number of ether oxygens (including phenoxy) is 1. The Morgan fingerprint density at radius 1 is 0.765 bits per heavy atom. The van der Waals surface area contributed by atoms with Crippen molar-refractivity contribution < 1.29 is 9.84 Å². The molecule has 0 aromatic heterocycles. The molecule has 0 unspecified atom stereocenters. The van der Waals surface area contributed by atoms with Crippen molar-refractivity contribution in [2.24, 2.45) is 0 Å². The highest BCUT2D eigenvalue weighted by atomic mass is 16.6. The number of rotatable bonds is 0. The van der Waals surface area contributed by atoms with Crippen LogP contribution in [0.3, 0.4) is 0 Å². The second-order valence-electron chi connectivity index (χ2n) is 4.99. The van der Waals surface area contributed by atoms with Crippen LogP contribution in [0, 0.1) is 0 Å². The Balaban J connectivity index is 2.16. The van der Waals surface area contributed by atoms with Crippen molar-refractivity contribution >= 4 is 0 Å². The minimum atomic E-state index is -0.525. The van der Waals surface area contributed by atoms with E-state index in [1.807, 2.05) is 0 Å². The maximum absolute atomic E-state index is 9.59. The molecule has 1 heterocycles. The van der Waals surface area contributed by atoms with E-state index in [1.54, 1.807) is 0 Å². The molecule has 0 aromatic rings. The molecule has 1 atom stereocenters. The van der Waals surface area contributed by atoms with Gasteiger partial charge >= 0.3 is 0 Å². The Morgan fingerprint density at radius 3 is 2.12 bits per heavy atom. The van der Waals surface area contributed by atoms with E-state index in [2.05, 4.69) is 12.2 Å². The van der Waals surface area contributed by atoms with Crippen LogP contribution in [-0.2, 0) is 4.74 Å². The lowest BCUT2D eigenvalue weighted by Gasteiger charge is -2.11. The van der Waals surface area contributed by atoms with Crippen molar-refractivity contribution in [1.82, 2.24) is 0 Å². The Kier molecular flexibility index (Phi) is 9.34. The van der Waals surface area contributed by atoms with E-state index in [1.165, 1.54) is 51.4 Å². The van der Waals surface area contributed by atoms with E-state index in [9.17, 15) is 5.11 Å². The third-order valence-corrected chi connectivity index (χ3v) is 3.31. The summed E-state index contributed by atoms with van der Waals surface area (Å²) in [6.45, 7) is 0.713. The lowest BCUT2D eigenvalue weighted by atomic mass is 10.1. The molecule has 0 spiro atoms. The lowest BCUT2D eigenvalue weighted by Crippen LogP contribution is -2.12. The van der Waals surface area contributed by atoms with Gasteiger partial charge in [-0.15, -0.1) is 0 Å². The summed E-state index contributed by atoms with van der Waals surface area (Å²) in [6, 6.07) is 0. The number of aliphatic hydroxyl groups excluding tert-OH is 1. The van der Waals surface area contributed by atoms with Gasteiger partial charge in [-0.1, -0.05) is 37.8 Å². The smallest absolute Gasteiger partial charge is 0.154 e. The van der Waals surface area contributed by atoms with Crippen molar-refractivity contribution in [3.8, 4) is 0 Å². The van der Waals surface area contributed by atoms with Crippen LogP contribution < -0.4 is 0 Å². The van der Waals surface area contributed by atoms with Crippen molar-refractivity contribution in [2.75, 3.05) is 6.61 Å². The average Bonchev–Trinajstić information content (AvgIpc) is 2.32. The van der Waals surface area contributed by atoms with Crippen molar-refractivity contribution in [1.29, 1.82) is 0 Å². The fourth-order valence-electron chi connectivity index (χ4n) is 2.19. The summed E-state index contributed by atoms with van der Waals surface area (Å²) < 4.78 is 5.38. The quantitative estimate of drug-likeness (QED) is 0.644. The monoisotopic (exact) mass is 240 g/mol. The van der Waals surface area contributed by atoms with Crippen molar-refractivity contribution in [3.05, 3.63) is 12.2 Å². The maximum Gasteiger partial charge on any atom is 0.154 e. The number of hydrogen-bond donors (Lipinski definition) is 1. The summed E-state index contributed by atoms with van der Waals surface area (Å²) in [6.07, 6.45) is 17.2. The first-order valence-electron chi connectivity index (χ1n) is 7.34. The van der Waals surface area contributed by atoms with E-state index in [-0.39, 0.29) is 0 Å². The Hall–Kier alpha value is -0.340. The van der Waals surface area contributed by atoms with E-state index in [0.717, 1.165) is 19.3 Å². The van der Waals surface area contributed by atoms with Crippen molar-refractivity contribution in [2.45, 2.75) is 76.9 Å². The van der Waals surface area contributed by atoms with Crippen LogP contribution in [0.15, 0.2) is 12.2 Å². The third-order valence-electron chi connectivity index (χ3n) is 3.31. The van der Waals surface area contributed by atoms with Crippen LogP contribution >= 0.6 is 0 Å². The molecule has 0 saturated carbocycles. The average molecular weight is 240 g/mol. The summed E-state index contributed by atoms with van der Waals surface area (Å²) in [5.74, 6) is 0. The van der Waals surface area contributed by atoms with Gasteiger partial charge in [0.2, 0.25) is 0 Å². The van der Waals surface area contributed by atoms with Gasteiger partial charge in [0, 0.05) is 6.61 Å². The molecule has 2 nitrogen and oxygen atoms in total. The second kappa shape index (κ2) is 10.8. The minimum Gasteiger partial charge on any atom is -0.368 e. The largest absolute Gasteiger partial charge is 0.368 e. The third kappa shape index (κ3) is 9.37. The zero-order chi connectivity index (χ0) is 12.2. The number of allylic oxidation sites excluding steroid dienone is 2. The number of aliphatic hydroxyl groups is 1. The first-order chi connectivity index (χ1) is 8.39. The number of hydrogen-bond acceptors (Lipinski definition) is 2. The van der Waals surface area contributed by atoms with Crippen LogP contribution in [0.2, 0.25) is 0 Å². The Bertz CT molecular complexity index is 189. The van der Waals surface area contributed by atoms with Crippen LogP contribution in [0.1, 0.15) is 70.6 Å². The SMILES string of the molecule is O[C@@H]1CCCCCCC/C=C\CCCCCO1. The molecule has 1 rings (SSSR count). The molecule has 100 valence electrons. The summed E-state index contributed by atoms with van der Waals surface area (Å²) in [7, 11) is 0. The van der Waals surface area contributed by atoms with E-state index >= 15 is 0 Å². The van der Waals surface area contributed by atoms with E-state index in [4.69, 9.17) is 4.74 Å². The van der Waals surface area contributed by atoms with Crippen LogP contribution in [0.4, 0.5) is 0 Å². The Morgan fingerprint density at radius 2 is 1.35 bits per heavy atom. The summed E-state index contributed by atoms with van der Waals surface area (Å²) in [5.41, 5.74) is 0. The molecule has 2 heteroatoms. The van der Waals surface area contributed by atoms with Gasteiger partial charge in [0.25, 0.3) is 0 Å². The zero-order valence-corrected chi connectivity index (χ0v) is 11.1. The molecule has 0 radical (unpaired) electrons. The van der Waals surface area contributed by atoms with Crippen LogP contribution in [-0.4, -0.2) is 18.0 Å². The molecule has 17 heavy (non-hydrogen) atoms. The topological polar surface area (TPSA) is 29.5 Å². The normalized spacial score (nSPS) is 28.6. The molecule has 1 aliphatic rings. The molecule has 0 fully saturated rings. The van der Waals surface area contributed by atoms with Crippen LogP contribution in [0.25, 0.3) is 0 Å². The highest BCUT2D eigenvalue weighted by Gasteiger charge is 2.03. The molecular formula is C15H28O2. The Labute approximate surface area is 106 Å². The molecule has 1 aliphatic heterocycles. The van der Waals surface area contributed by atoms with Gasteiger partial charge in [-0.2, -0.15) is 0 Å². The first-order valence-corrected chi connectivity index (χ1v) is 7.34. The zero-order valence-electron chi connectivity index (χ0n) is 11.1. The fourth-order valence-corrected chi connectivity index (χ4v) is 2.19. The fraction of sp³-hybridized carbons (Fsp3) is 0.867. The van der Waals surface area contributed by atoms with Gasteiger partial charge < -0.3 is 9.84 Å². The lowest BCUT2D eigenvalue weighted by molar-refractivity contribution is -0.105. The van der Waals surface area contributed by atoms with E-state index < -0.39 is 6.29 Å². The predicted molar refractivity (Wildman–Crippen MR) is 71.9 cm³/mol. The molecule has 0 aromatic carbocycles. The van der Waals surface area contributed by atoms with Gasteiger partial charge in [-0.25, -0.2) is 0 Å². The summed E-state index contributed by atoms with van der Waals surface area (Å²) in [4.78, 5) is 0. The molecule has 0 amide bonds. The highest BCUT2D eigenvalue weighted by Crippen LogP contribution is 2.11. The molecule has 0 bridgehead atoms. The van der Waals surface area contributed by atoms with Gasteiger partial charge in [-0.3, -0.25) is 0 Å². The molecular weight excluding hydrogens is 212 g/mol. The van der Waals surface area contributed by atoms with Gasteiger partial charge in [0.1, 0.15) is 0 Å². The van der Waals surface area contributed by atoms with Gasteiger partial charge in [-0.05, 0) is 44.9 Å². The predicted octanol–water partition coefficient (Wildman–Crippen LogP) is 4.18. The summed E-state index contributed by atoms with van der Waals surface area (Å²) >= 11 is 0. The standard InChI is InChI=1S/C15H28O2/c16-15-13-11-9-7-5-3-1-2-4-6-8-10-12-14-17-15/h2,4,15-16H,1,3,5-14H2/b4-2-/t15-/m0/s1. The molecule has 0 aliphatic carbocycles. The van der Waals surface area contributed by atoms with E-state index in [0.29, 0.717) is 6.61 Å². The highest BCUT2D eigenvalue weighted by molar-refractivity contribution is 4.81. The van der Waals surface area contributed by atoms with Crippen molar-refractivity contribution in [3.63, 3.8) is 0 Å². The second-order valence-corrected chi connectivity index (χ2v) is 4.99. The molecule has 1 N–H and O–H groups in total. The van der Waals surface area contributed by atoms with Gasteiger partial charge in [0.05, 0.1) is 0 Å².